The van der Waals surface area contributed by atoms with Crippen molar-refractivity contribution in [3.8, 4) is 0 Å². The molecule has 2 aromatic rings. The van der Waals surface area contributed by atoms with Crippen LogP contribution in [0.5, 0.6) is 0 Å². The van der Waals surface area contributed by atoms with E-state index in [2.05, 4.69) is 10.3 Å². The number of hydrogen-bond acceptors (Lipinski definition) is 3. The predicted octanol–water partition coefficient (Wildman–Crippen LogP) is 2.25. The predicted molar refractivity (Wildman–Crippen MR) is 87.4 cm³/mol. The van der Waals surface area contributed by atoms with Crippen molar-refractivity contribution in [3.63, 3.8) is 0 Å². The van der Waals surface area contributed by atoms with Crippen LogP contribution in [-0.2, 0) is 0 Å². The van der Waals surface area contributed by atoms with Crippen molar-refractivity contribution in [1.29, 1.82) is 0 Å². The largest absolute Gasteiger partial charge is 0.352 e. The van der Waals surface area contributed by atoms with Crippen LogP contribution in [-0.4, -0.2) is 21.8 Å². The summed E-state index contributed by atoms with van der Waals surface area (Å²) < 4.78 is 1.41. The van der Waals surface area contributed by atoms with Crippen LogP contribution in [0.3, 0.4) is 0 Å². The first kappa shape index (κ1) is 14.4. The Bertz CT molecular complexity index is 798. The topological polar surface area (TPSA) is 63.5 Å². The molecule has 0 saturated heterocycles. The lowest BCUT2D eigenvalue weighted by molar-refractivity contribution is 0.0947. The van der Waals surface area contributed by atoms with E-state index >= 15 is 0 Å². The molecule has 4 rings (SSSR count). The summed E-state index contributed by atoms with van der Waals surface area (Å²) in [5.41, 5.74) is 0.352. The molecule has 1 N–H and O–H groups in total. The van der Waals surface area contributed by atoms with Gasteiger partial charge in [-0.3, -0.25) is 14.0 Å². The van der Waals surface area contributed by atoms with Crippen LogP contribution in [0, 0.1) is 17.8 Å². The van der Waals surface area contributed by atoms with Gasteiger partial charge in [0.25, 0.3) is 11.5 Å². The van der Waals surface area contributed by atoms with Crippen LogP contribution in [0.4, 0.5) is 0 Å². The van der Waals surface area contributed by atoms with Crippen LogP contribution >= 0.6 is 0 Å². The van der Waals surface area contributed by atoms with Gasteiger partial charge in [-0.2, -0.15) is 0 Å². The molecule has 0 aromatic carbocycles. The summed E-state index contributed by atoms with van der Waals surface area (Å²) in [6.45, 7) is 0.643. The minimum atomic E-state index is -0.316. The first-order chi connectivity index (χ1) is 11.2. The zero-order chi connectivity index (χ0) is 15.8. The standard InChI is InChI=1S/C18H21N3O2/c22-17(19-7-6-14-10-12-4-5-13(14)9-12)15-11-20-16-3-1-2-8-21(16)18(15)23/h1-3,8,11-14H,4-7,9-10H2,(H,19,22). The highest BCUT2D eigenvalue weighted by atomic mass is 16.2. The van der Waals surface area contributed by atoms with E-state index in [1.54, 1.807) is 18.3 Å². The minimum Gasteiger partial charge on any atom is -0.352 e. The minimum absolute atomic E-state index is 0.113. The Kier molecular flexibility index (Phi) is 3.63. The van der Waals surface area contributed by atoms with Gasteiger partial charge in [0, 0.05) is 18.9 Å². The Hall–Kier alpha value is -2.17. The van der Waals surface area contributed by atoms with Gasteiger partial charge in [-0.25, -0.2) is 4.98 Å². The van der Waals surface area contributed by atoms with Crippen molar-refractivity contribution < 1.29 is 4.79 Å². The van der Waals surface area contributed by atoms with Gasteiger partial charge in [0.2, 0.25) is 0 Å². The molecule has 0 radical (unpaired) electrons. The Morgan fingerprint density at radius 3 is 3.00 bits per heavy atom. The normalized spacial score (nSPS) is 25.8. The van der Waals surface area contributed by atoms with Gasteiger partial charge in [0.15, 0.2) is 0 Å². The number of aromatic nitrogens is 2. The van der Waals surface area contributed by atoms with Gasteiger partial charge in [0.05, 0.1) is 0 Å². The number of amides is 1. The SMILES string of the molecule is O=C(NCCC1CC2CCC1C2)c1cnc2ccccn2c1=O. The lowest BCUT2D eigenvalue weighted by Gasteiger charge is -2.21. The quantitative estimate of drug-likeness (QED) is 0.942. The molecule has 5 heteroatoms. The number of nitrogens with one attached hydrogen (secondary N) is 1. The Balaban J connectivity index is 1.41. The third kappa shape index (κ3) is 2.64. The molecule has 3 atom stereocenters. The van der Waals surface area contributed by atoms with Gasteiger partial charge in [-0.05, 0) is 55.6 Å². The zero-order valence-corrected chi connectivity index (χ0v) is 13.1. The maximum Gasteiger partial charge on any atom is 0.270 e. The lowest BCUT2D eigenvalue weighted by atomic mass is 9.86. The number of carbonyl (C=O) groups is 1. The highest BCUT2D eigenvalue weighted by Gasteiger charge is 2.38. The van der Waals surface area contributed by atoms with E-state index in [1.165, 1.54) is 36.3 Å². The van der Waals surface area contributed by atoms with E-state index in [1.807, 2.05) is 6.07 Å². The Morgan fingerprint density at radius 1 is 1.30 bits per heavy atom. The maximum atomic E-state index is 12.4. The molecule has 3 unspecified atom stereocenters. The molecule has 2 heterocycles. The number of fused-ring (bicyclic) bond motifs is 3. The summed E-state index contributed by atoms with van der Waals surface area (Å²) in [7, 11) is 0. The molecule has 5 nitrogen and oxygen atoms in total. The number of rotatable bonds is 4. The zero-order valence-electron chi connectivity index (χ0n) is 13.1. The van der Waals surface area contributed by atoms with Crippen molar-refractivity contribution in [1.82, 2.24) is 14.7 Å². The lowest BCUT2D eigenvalue weighted by Crippen LogP contribution is -2.33. The average Bonchev–Trinajstić information content (AvgIpc) is 3.18. The molecule has 0 aliphatic heterocycles. The third-order valence-electron chi connectivity index (χ3n) is 5.54. The van der Waals surface area contributed by atoms with Crippen LogP contribution in [0.2, 0.25) is 0 Å². The van der Waals surface area contributed by atoms with Crippen molar-refractivity contribution in [2.75, 3.05) is 6.54 Å². The van der Waals surface area contributed by atoms with Gasteiger partial charge in [-0.15, -0.1) is 0 Å². The molecular weight excluding hydrogens is 290 g/mol. The van der Waals surface area contributed by atoms with Gasteiger partial charge in [-0.1, -0.05) is 12.5 Å². The van der Waals surface area contributed by atoms with Crippen molar-refractivity contribution in [2.24, 2.45) is 17.8 Å². The second-order valence-corrected chi connectivity index (χ2v) is 6.89. The molecule has 2 aromatic heterocycles. The second kappa shape index (κ2) is 5.80. The summed E-state index contributed by atoms with van der Waals surface area (Å²) in [4.78, 5) is 28.8. The molecule has 23 heavy (non-hydrogen) atoms. The monoisotopic (exact) mass is 311 g/mol. The summed E-state index contributed by atoms with van der Waals surface area (Å²) in [6, 6.07) is 5.32. The maximum absolute atomic E-state index is 12.4. The van der Waals surface area contributed by atoms with E-state index in [9.17, 15) is 9.59 Å². The van der Waals surface area contributed by atoms with Crippen LogP contribution in [0.15, 0.2) is 35.4 Å². The number of nitrogens with zero attached hydrogens (tertiary/aromatic N) is 2. The Labute approximate surface area is 134 Å². The molecule has 120 valence electrons. The van der Waals surface area contributed by atoms with Crippen molar-refractivity contribution in [2.45, 2.75) is 32.1 Å². The summed E-state index contributed by atoms with van der Waals surface area (Å²) in [6.07, 6.45) is 9.50. The van der Waals surface area contributed by atoms with E-state index in [0.717, 1.165) is 24.2 Å². The van der Waals surface area contributed by atoms with E-state index in [-0.39, 0.29) is 17.0 Å². The van der Waals surface area contributed by atoms with Crippen LogP contribution in [0.25, 0.3) is 5.65 Å². The number of carbonyl (C=O) groups excluding carboxylic acids is 1. The number of hydrogen-bond donors (Lipinski definition) is 1. The molecule has 2 aliphatic carbocycles. The molecule has 2 saturated carbocycles. The molecule has 2 aliphatic rings. The summed E-state index contributed by atoms with van der Waals surface area (Å²) in [5, 5.41) is 2.90. The molecule has 1 amide bonds. The Morgan fingerprint density at radius 2 is 2.22 bits per heavy atom. The van der Waals surface area contributed by atoms with E-state index in [4.69, 9.17) is 0 Å². The summed E-state index contributed by atoms with van der Waals surface area (Å²) in [5.74, 6) is 2.23. The average molecular weight is 311 g/mol. The fourth-order valence-electron chi connectivity index (χ4n) is 4.38. The van der Waals surface area contributed by atoms with Crippen LogP contribution < -0.4 is 10.9 Å². The van der Waals surface area contributed by atoms with Crippen molar-refractivity contribution in [3.05, 3.63) is 46.5 Å². The number of pyridine rings is 1. The van der Waals surface area contributed by atoms with Crippen LogP contribution in [0.1, 0.15) is 42.5 Å². The highest BCUT2D eigenvalue weighted by molar-refractivity contribution is 5.93. The molecule has 2 bridgehead atoms. The van der Waals surface area contributed by atoms with Gasteiger partial charge >= 0.3 is 0 Å². The molecule has 0 spiro atoms. The first-order valence-corrected chi connectivity index (χ1v) is 8.47. The molecule has 2 fully saturated rings. The van der Waals surface area contributed by atoms with E-state index < -0.39 is 0 Å². The second-order valence-electron chi connectivity index (χ2n) is 6.89. The third-order valence-corrected chi connectivity index (χ3v) is 5.54. The summed E-state index contributed by atoms with van der Waals surface area (Å²) >= 11 is 0. The van der Waals surface area contributed by atoms with E-state index in [0.29, 0.717) is 12.2 Å². The van der Waals surface area contributed by atoms with Gasteiger partial charge in [0.1, 0.15) is 11.2 Å². The highest BCUT2D eigenvalue weighted by Crippen LogP contribution is 2.49. The fourth-order valence-corrected chi connectivity index (χ4v) is 4.38. The van der Waals surface area contributed by atoms with Crippen molar-refractivity contribution >= 4 is 11.6 Å². The van der Waals surface area contributed by atoms with Gasteiger partial charge < -0.3 is 5.32 Å². The smallest absolute Gasteiger partial charge is 0.270 e. The molecular formula is C18H21N3O2. The first-order valence-electron chi connectivity index (χ1n) is 8.47. The fraction of sp³-hybridized carbons (Fsp3) is 0.500.